The van der Waals surface area contributed by atoms with Crippen LogP contribution in [-0.2, 0) is 10.3 Å². The molecule has 1 unspecified atom stereocenters. The predicted molar refractivity (Wildman–Crippen MR) is 133 cm³/mol. The van der Waals surface area contributed by atoms with E-state index in [1.807, 2.05) is 60.8 Å². The number of carbonyl (C=O) groups is 1. The molecule has 0 spiro atoms. The zero-order valence-corrected chi connectivity index (χ0v) is 20.8. The number of likely N-dealkylation sites (N-methyl/N-ethyl adjacent to an activating group) is 2. The molecule has 5 rings (SSSR count). The predicted octanol–water partition coefficient (Wildman–Crippen LogP) is 2.41. The number of rotatable bonds is 6. The van der Waals surface area contributed by atoms with Crippen molar-refractivity contribution in [1.29, 1.82) is 0 Å². The zero-order chi connectivity index (χ0) is 24.0. The van der Waals surface area contributed by atoms with Crippen molar-refractivity contribution in [3.05, 3.63) is 47.5 Å². The Balaban J connectivity index is 1.24. The summed E-state index contributed by atoms with van der Waals surface area (Å²) in [6.07, 6.45) is 6.54. The van der Waals surface area contributed by atoms with Crippen molar-refractivity contribution in [2.45, 2.75) is 31.8 Å². The maximum atomic E-state index is 13.1. The van der Waals surface area contributed by atoms with Crippen molar-refractivity contribution in [2.75, 3.05) is 50.1 Å². The first-order chi connectivity index (χ1) is 16.2. The van der Waals surface area contributed by atoms with Gasteiger partial charge in [-0.2, -0.15) is 4.98 Å². The molecular weight excluding hydrogens is 452 g/mol. The fourth-order valence-corrected chi connectivity index (χ4v) is 5.03. The molecule has 0 saturated carbocycles. The van der Waals surface area contributed by atoms with Crippen molar-refractivity contribution in [3.8, 4) is 0 Å². The number of aromatic nitrogens is 4. The molecule has 2 aliphatic heterocycles. The lowest BCUT2D eigenvalue weighted by Crippen LogP contribution is -2.57. The Morgan fingerprint density at radius 1 is 1.21 bits per heavy atom. The van der Waals surface area contributed by atoms with E-state index in [0.29, 0.717) is 35.9 Å². The summed E-state index contributed by atoms with van der Waals surface area (Å²) in [4.78, 5) is 33.2. The summed E-state index contributed by atoms with van der Waals surface area (Å²) in [5.74, 6) is 1.24. The number of likely N-dealkylation sites (tertiary alicyclic amines) is 1. The number of halogens is 1. The van der Waals surface area contributed by atoms with E-state index >= 15 is 0 Å². The summed E-state index contributed by atoms with van der Waals surface area (Å²) in [5.41, 5.74) is 1.24. The molecule has 3 aromatic rings. The van der Waals surface area contributed by atoms with Crippen molar-refractivity contribution < 1.29 is 4.79 Å². The van der Waals surface area contributed by atoms with E-state index in [0.717, 1.165) is 30.9 Å². The smallest absolute Gasteiger partial charge is 0.227 e. The minimum Gasteiger partial charge on any atom is -0.353 e. The van der Waals surface area contributed by atoms with Crippen LogP contribution in [0, 0.1) is 5.92 Å². The highest BCUT2D eigenvalue weighted by Gasteiger charge is 2.38. The van der Waals surface area contributed by atoms with Crippen molar-refractivity contribution in [1.82, 2.24) is 29.6 Å². The van der Waals surface area contributed by atoms with E-state index in [-0.39, 0.29) is 11.8 Å². The van der Waals surface area contributed by atoms with E-state index in [1.54, 1.807) is 6.20 Å². The van der Waals surface area contributed by atoms with Gasteiger partial charge in [-0.15, -0.1) is 0 Å². The number of nitrogens with zero attached hydrogens (tertiary/aromatic N) is 7. The van der Waals surface area contributed by atoms with Crippen LogP contribution in [0.25, 0.3) is 5.65 Å². The largest absolute Gasteiger partial charge is 0.353 e. The molecule has 1 atom stereocenters. The van der Waals surface area contributed by atoms with Crippen LogP contribution >= 0.6 is 11.6 Å². The van der Waals surface area contributed by atoms with Crippen molar-refractivity contribution in [2.24, 2.45) is 5.92 Å². The number of fused-ring (bicyclic) bond motifs is 1. The Labute approximate surface area is 204 Å². The van der Waals surface area contributed by atoms with Gasteiger partial charge in [0.25, 0.3) is 0 Å². The normalized spacial score (nSPS) is 19.4. The first-order valence-corrected chi connectivity index (χ1v) is 12.0. The Morgan fingerprint density at radius 3 is 2.74 bits per heavy atom. The highest BCUT2D eigenvalue weighted by atomic mass is 35.5. The molecule has 0 aromatic carbocycles. The zero-order valence-electron chi connectivity index (χ0n) is 20.1. The van der Waals surface area contributed by atoms with Crippen LogP contribution in [-0.4, -0.2) is 76.5 Å². The molecule has 9 nitrogen and oxygen atoms in total. The lowest BCUT2D eigenvalue weighted by atomic mass is 9.95. The van der Waals surface area contributed by atoms with E-state index < -0.39 is 5.54 Å². The highest BCUT2D eigenvalue weighted by Crippen LogP contribution is 2.32. The molecule has 1 amide bonds. The average molecular weight is 483 g/mol. The SMILES string of the molecule is CN1CCC(N(C)c2ncc(Cl)c(N3CC(C(=O)NC(C)(C)c4cnc5ccccn45)C3)n2)C1. The van der Waals surface area contributed by atoms with Crippen molar-refractivity contribution in [3.63, 3.8) is 0 Å². The molecule has 2 saturated heterocycles. The van der Waals surface area contributed by atoms with Gasteiger partial charge in [0, 0.05) is 38.9 Å². The molecule has 0 radical (unpaired) electrons. The number of imidazole rings is 1. The molecule has 0 bridgehead atoms. The van der Waals surface area contributed by atoms with E-state index in [9.17, 15) is 4.79 Å². The van der Waals surface area contributed by atoms with Crippen LogP contribution in [0.3, 0.4) is 0 Å². The number of hydrogen-bond acceptors (Lipinski definition) is 7. The van der Waals surface area contributed by atoms with Gasteiger partial charge in [-0.1, -0.05) is 17.7 Å². The third-order valence-electron chi connectivity index (χ3n) is 6.99. The Kier molecular flexibility index (Phi) is 5.85. The number of anilines is 2. The monoisotopic (exact) mass is 482 g/mol. The maximum absolute atomic E-state index is 13.1. The molecule has 3 aromatic heterocycles. The van der Waals surface area contributed by atoms with Crippen LogP contribution in [0.15, 0.2) is 36.8 Å². The molecule has 10 heteroatoms. The minimum absolute atomic E-state index is 0.0173. The third kappa shape index (κ3) is 4.18. The Bertz CT molecular complexity index is 1200. The van der Waals surface area contributed by atoms with Gasteiger partial charge in [-0.25, -0.2) is 9.97 Å². The van der Waals surface area contributed by atoms with Crippen LogP contribution in [0.4, 0.5) is 11.8 Å². The average Bonchev–Trinajstić information content (AvgIpc) is 3.40. The highest BCUT2D eigenvalue weighted by molar-refractivity contribution is 6.32. The first kappa shape index (κ1) is 22.9. The maximum Gasteiger partial charge on any atom is 0.227 e. The summed E-state index contributed by atoms with van der Waals surface area (Å²) in [7, 11) is 4.16. The second-order valence-corrected chi connectivity index (χ2v) is 10.4. The first-order valence-electron chi connectivity index (χ1n) is 11.7. The topological polar surface area (TPSA) is 81.9 Å². The summed E-state index contributed by atoms with van der Waals surface area (Å²) >= 11 is 6.44. The molecule has 2 aliphatic rings. The lowest BCUT2D eigenvalue weighted by Gasteiger charge is -2.41. The summed E-state index contributed by atoms with van der Waals surface area (Å²) in [6.45, 7) is 7.21. The van der Waals surface area contributed by atoms with Crippen LogP contribution in [0.2, 0.25) is 5.02 Å². The fraction of sp³-hybridized carbons (Fsp3) is 0.500. The quantitative estimate of drug-likeness (QED) is 0.577. The van der Waals surface area contributed by atoms with Gasteiger partial charge in [0.1, 0.15) is 10.7 Å². The Morgan fingerprint density at radius 2 is 2.00 bits per heavy atom. The van der Waals surface area contributed by atoms with E-state index in [1.165, 1.54) is 0 Å². The van der Waals surface area contributed by atoms with Gasteiger partial charge < -0.3 is 24.4 Å². The molecule has 0 aliphatic carbocycles. The second-order valence-electron chi connectivity index (χ2n) is 9.95. The van der Waals surface area contributed by atoms with E-state index in [4.69, 9.17) is 16.6 Å². The number of carbonyl (C=O) groups excluding carboxylic acids is 1. The van der Waals surface area contributed by atoms with Crippen LogP contribution in [0.5, 0.6) is 0 Å². The summed E-state index contributed by atoms with van der Waals surface area (Å²) < 4.78 is 2.01. The molecule has 34 heavy (non-hydrogen) atoms. The van der Waals surface area contributed by atoms with E-state index in [2.05, 4.69) is 32.1 Å². The summed E-state index contributed by atoms with van der Waals surface area (Å²) in [6, 6.07) is 6.25. The number of nitrogens with one attached hydrogen (secondary N) is 1. The van der Waals surface area contributed by atoms with Gasteiger partial charge in [0.2, 0.25) is 11.9 Å². The molecular formula is C24H31ClN8O. The number of pyridine rings is 1. The standard InChI is InChI=1S/C24H31ClN8O/c1-24(2,19-12-26-20-7-5-6-9-33(19)20)29-22(34)16-13-32(14-16)21-18(25)11-27-23(28-21)31(4)17-8-10-30(3)15-17/h5-7,9,11-12,16-17H,8,10,13-15H2,1-4H3,(H,29,34). The van der Waals surface area contributed by atoms with Gasteiger partial charge in [-0.3, -0.25) is 4.79 Å². The number of hydrogen-bond donors (Lipinski definition) is 1. The second kappa shape index (κ2) is 8.70. The van der Waals surface area contributed by atoms with Gasteiger partial charge in [-0.05, 0) is 46.0 Å². The van der Waals surface area contributed by atoms with Crippen LogP contribution in [0.1, 0.15) is 26.0 Å². The Hall–Kier alpha value is -2.91. The van der Waals surface area contributed by atoms with Gasteiger partial charge >= 0.3 is 0 Å². The number of amides is 1. The van der Waals surface area contributed by atoms with Gasteiger partial charge in [0.05, 0.1) is 29.5 Å². The van der Waals surface area contributed by atoms with Crippen LogP contribution < -0.4 is 15.1 Å². The minimum atomic E-state index is -0.560. The molecule has 180 valence electrons. The summed E-state index contributed by atoms with van der Waals surface area (Å²) in [5, 5.41) is 3.71. The third-order valence-corrected chi connectivity index (χ3v) is 7.25. The van der Waals surface area contributed by atoms with Gasteiger partial charge in [0.15, 0.2) is 5.82 Å². The van der Waals surface area contributed by atoms with Crippen molar-refractivity contribution >= 4 is 34.9 Å². The lowest BCUT2D eigenvalue weighted by molar-refractivity contribution is -0.127. The molecule has 1 N–H and O–H groups in total. The molecule has 2 fully saturated rings. The molecule has 5 heterocycles. The fourth-order valence-electron chi connectivity index (χ4n) is 4.82.